The first kappa shape index (κ1) is 17.7. The van der Waals surface area contributed by atoms with E-state index < -0.39 is 0 Å². The van der Waals surface area contributed by atoms with Gasteiger partial charge in [0.25, 0.3) is 0 Å². The van der Waals surface area contributed by atoms with Gasteiger partial charge >= 0.3 is 0 Å². The summed E-state index contributed by atoms with van der Waals surface area (Å²) in [7, 11) is 0. The Bertz CT molecular complexity index is 827. The molecule has 6 rings (SSSR count). The largest absolute Gasteiger partial charge is 0.365 e. The molecule has 4 saturated carbocycles. The fourth-order valence-corrected chi connectivity index (χ4v) is 6.07. The van der Waals surface area contributed by atoms with Crippen LogP contribution in [0, 0.1) is 23.6 Å². The van der Waals surface area contributed by atoms with E-state index in [2.05, 4.69) is 15.6 Å². The molecule has 2 N–H and O–H groups in total. The van der Waals surface area contributed by atoms with E-state index in [1.807, 2.05) is 12.1 Å². The van der Waals surface area contributed by atoms with Gasteiger partial charge in [-0.3, -0.25) is 4.79 Å². The van der Waals surface area contributed by atoms with Crippen LogP contribution in [0.25, 0.3) is 0 Å². The van der Waals surface area contributed by atoms with Gasteiger partial charge in [-0.2, -0.15) is 0 Å². The van der Waals surface area contributed by atoms with Crippen molar-refractivity contribution < 1.29 is 9.18 Å². The van der Waals surface area contributed by atoms with E-state index in [1.165, 1.54) is 50.7 Å². The van der Waals surface area contributed by atoms with E-state index in [9.17, 15) is 9.18 Å². The van der Waals surface area contributed by atoms with Gasteiger partial charge in [-0.05, 0) is 86.1 Å². The molecule has 0 unspecified atom stereocenters. The van der Waals surface area contributed by atoms with Crippen molar-refractivity contribution in [3.63, 3.8) is 0 Å². The second-order valence-corrected chi connectivity index (χ2v) is 9.11. The molecule has 28 heavy (non-hydrogen) atoms. The van der Waals surface area contributed by atoms with Crippen LogP contribution < -0.4 is 10.6 Å². The molecule has 4 aliphatic rings. The summed E-state index contributed by atoms with van der Waals surface area (Å²) in [6, 6.07) is 9.87. The number of nitrogens with one attached hydrogen (secondary N) is 2. The third-order valence-corrected chi connectivity index (χ3v) is 6.76. The zero-order chi connectivity index (χ0) is 19.1. The summed E-state index contributed by atoms with van der Waals surface area (Å²) >= 11 is 0. The predicted molar refractivity (Wildman–Crippen MR) is 107 cm³/mol. The zero-order valence-corrected chi connectivity index (χ0v) is 16.0. The topological polar surface area (TPSA) is 54.0 Å². The summed E-state index contributed by atoms with van der Waals surface area (Å²) in [5.74, 6) is 3.15. The average Bonchev–Trinajstić information content (AvgIpc) is 2.64. The van der Waals surface area contributed by atoms with E-state index in [1.54, 1.807) is 18.3 Å². The number of halogens is 1. The first-order valence-corrected chi connectivity index (χ1v) is 10.3. The number of anilines is 2. The molecule has 1 aromatic heterocycles. The maximum absolute atomic E-state index is 13.0. The van der Waals surface area contributed by atoms with Crippen molar-refractivity contribution in [1.82, 2.24) is 4.98 Å². The number of carbonyl (C=O) groups is 1. The Labute approximate surface area is 164 Å². The second-order valence-electron chi connectivity index (χ2n) is 9.11. The summed E-state index contributed by atoms with van der Waals surface area (Å²) in [5.41, 5.74) is 1.70. The smallest absolute Gasteiger partial charge is 0.228 e. The molecule has 0 aliphatic heterocycles. The van der Waals surface area contributed by atoms with Gasteiger partial charge in [-0.15, -0.1) is 0 Å². The van der Waals surface area contributed by atoms with Crippen LogP contribution in [0.3, 0.4) is 0 Å². The van der Waals surface area contributed by atoms with E-state index in [-0.39, 0.29) is 23.7 Å². The van der Waals surface area contributed by atoms with Gasteiger partial charge < -0.3 is 10.6 Å². The second kappa shape index (κ2) is 6.87. The Hall–Kier alpha value is -2.43. The summed E-state index contributed by atoms with van der Waals surface area (Å²) in [4.78, 5) is 16.8. The minimum Gasteiger partial charge on any atom is -0.365 e. The minimum atomic E-state index is -0.296. The van der Waals surface area contributed by atoms with Crippen molar-refractivity contribution in [2.75, 3.05) is 10.6 Å². The highest BCUT2D eigenvalue weighted by Gasteiger charge is 2.51. The molecular formula is C23H26FN3O. The molecule has 4 fully saturated rings. The molecule has 0 spiro atoms. The fraction of sp³-hybridized carbons (Fsp3) is 0.478. The molecule has 4 aliphatic carbocycles. The average molecular weight is 379 g/mol. The van der Waals surface area contributed by atoms with Crippen molar-refractivity contribution in [3.05, 3.63) is 54.0 Å². The number of carbonyl (C=O) groups excluding carboxylic acids is 1. The Morgan fingerprint density at radius 3 is 2.21 bits per heavy atom. The quantitative estimate of drug-likeness (QED) is 0.786. The van der Waals surface area contributed by atoms with Crippen LogP contribution in [0.15, 0.2) is 42.6 Å². The molecule has 5 heteroatoms. The molecule has 1 heterocycles. The van der Waals surface area contributed by atoms with E-state index in [0.717, 1.165) is 29.1 Å². The van der Waals surface area contributed by atoms with Crippen molar-refractivity contribution in [2.45, 2.75) is 50.5 Å². The molecule has 1 amide bonds. The number of hydrogen-bond acceptors (Lipinski definition) is 3. The number of benzene rings is 1. The monoisotopic (exact) mass is 379 g/mol. The summed E-state index contributed by atoms with van der Waals surface area (Å²) < 4.78 is 13.0. The maximum Gasteiger partial charge on any atom is 0.228 e. The number of aromatic nitrogens is 1. The highest BCUT2D eigenvalue weighted by molar-refractivity contribution is 5.92. The number of hydrogen-bond donors (Lipinski definition) is 2. The lowest BCUT2D eigenvalue weighted by atomic mass is 9.53. The minimum absolute atomic E-state index is 0.129. The standard InChI is InChI=1S/C23H26FN3O/c24-19-3-1-15(2-4-19)10-22(28)26-20-5-6-21(25-14-20)27-23-11-16-7-17(12-23)9-18(8-16)13-23/h1-6,14,16-18H,7-13H2,(H,25,27)(H,26,28). The third-order valence-electron chi connectivity index (χ3n) is 6.76. The van der Waals surface area contributed by atoms with Crippen LogP contribution in [0.1, 0.15) is 44.1 Å². The molecule has 4 bridgehead atoms. The summed E-state index contributed by atoms with van der Waals surface area (Å²) in [6.07, 6.45) is 10.0. The van der Waals surface area contributed by atoms with Crippen molar-refractivity contribution in [1.29, 1.82) is 0 Å². The zero-order valence-electron chi connectivity index (χ0n) is 16.0. The van der Waals surface area contributed by atoms with Crippen LogP contribution in [0.2, 0.25) is 0 Å². The van der Waals surface area contributed by atoms with Crippen LogP contribution in [-0.4, -0.2) is 16.4 Å². The van der Waals surface area contributed by atoms with Gasteiger partial charge in [0.05, 0.1) is 18.3 Å². The normalized spacial score (nSPS) is 30.2. The van der Waals surface area contributed by atoms with Gasteiger partial charge in [0.15, 0.2) is 0 Å². The van der Waals surface area contributed by atoms with E-state index in [4.69, 9.17) is 0 Å². The van der Waals surface area contributed by atoms with Gasteiger partial charge in [-0.1, -0.05) is 12.1 Å². The Balaban J connectivity index is 1.20. The molecule has 1 aromatic carbocycles. The van der Waals surface area contributed by atoms with Crippen LogP contribution >= 0.6 is 0 Å². The molecule has 0 radical (unpaired) electrons. The van der Waals surface area contributed by atoms with Gasteiger partial charge in [0.2, 0.25) is 5.91 Å². The lowest BCUT2D eigenvalue weighted by Gasteiger charge is -2.57. The first-order chi connectivity index (χ1) is 13.6. The van der Waals surface area contributed by atoms with Gasteiger partial charge in [0, 0.05) is 5.54 Å². The third kappa shape index (κ3) is 3.62. The maximum atomic E-state index is 13.0. The number of rotatable bonds is 5. The lowest BCUT2D eigenvalue weighted by molar-refractivity contribution is -0.115. The summed E-state index contributed by atoms with van der Waals surface area (Å²) in [6.45, 7) is 0. The van der Waals surface area contributed by atoms with Crippen molar-refractivity contribution in [3.8, 4) is 0 Å². The van der Waals surface area contributed by atoms with Crippen LogP contribution in [0.5, 0.6) is 0 Å². The Kier molecular flexibility index (Phi) is 4.33. The molecule has 0 saturated heterocycles. The SMILES string of the molecule is O=C(Cc1ccc(F)cc1)Nc1ccc(NC23CC4CC(CC(C4)C2)C3)nc1. The molecule has 2 aromatic rings. The van der Waals surface area contributed by atoms with Crippen LogP contribution in [0.4, 0.5) is 15.9 Å². The highest BCUT2D eigenvalue weighted by atomic mass is 19.1. The number of amides is 1. The highest BCUT2D eigenvalue weighted by Crippen LogP contribution is 2.56. The first-order valence-electron chi connectivity index (χ1n) is 10.3. The van der Waals surface area contributed by atoms with Gasteiger partial charge in [-0.25, -0.2) is 9.37 Å². The summed E-state index contributed by atoms with van der Waals surface area (Å²) in [5, 5.41) is 6.62. The van der Waals surface area contributed by atoms with Gasteiger partial charge in [0.1, 0.15) is 11.6 Å². The van der Waals surface area contributed by atoms with Crippen LogP contribution in [-0.2, 0) is 11.2 Å². The number of nitrogens with zero attached hydrogens (tertiary/aromatic N) is 1. The molecule has 0 atom stereocenters. The Morgan fingerprint density at radius 1 is 1.00 bits per heavy atom. The molecule has 4 nitrogen and oxygen atoms in total. The molecular weight excluding hydrogens is 353 g/mol. The van der Waals surface area contributed by atoms with Crippen molar-refractivity contribution >= 4 is 17.4 Å². The van der Waals surface area contributed by atoms with E-state index in [0.29, 0.717) is 5.69 Å². The fourth-order valence-electron chi connectivity index (χ4n) is 6.07. The number of pyridine rings is 1. The Morgan fingerprint density at radius 2 is 1.64 bits per heavy atom. The predicted octanol–water partition coefficient (Wildman–Crippen LogP) is 4.78. The van der Waals surface area contributed by atoms with Crippen molar-refractivity contribution in [2.24, 2.45) is 17.8 Å². The van der Waals surface area contributed by atoms with E-state index >= 15 is 0 Å². The molecule has 146 valence electrons. The lowest BCUT2D eigenvalue weighted by Crippen LogP contribution is -2.54.